The Bertz CT molecular complexity index is 494. The van der Waals surface area contributed by atoms with E-state index >= 15 is 0 Å². The van der Waals surface area contributed by atoms with Crippen LogP contribution in [0.1, 0.15) is 68.2 Å². The molecule has 0 N–H and O–H groups in total. The first-order valence-electron chi connectivity index (χ1n) is 7.78. The number of hydrogen-bond acceptors (Lipinski definition) is 6. The highest BCUT2D eigenvalue weighted by Gasteiger charge is 2.20. The Kier molecular flexibility index (Phi) is 10.5. The Balaban J connectivity index is 0. The van der Waals surface area contributed by atoms with Crippen molar-refractivity contribution in [1.29, 1.82) is 0 Å². The lowest BCUT2D eigenvalue weighted by atomic mass is 9.93. The molecule has 0 aliphatic heterocycles. The standard InChI is InChI=1S/C16H30O6S.CH4/c1-15(2,3)9-10-21-13(17)7-11-23(19,20)12-8-14(18)22-16(4,5)6;/h7-12H2,1-6H3;1H4. The number of sulfone groups is 1. The molecular formula is C17H34O6S. The minimum absolute atomic E-state index is 0. The van der Waals surface area contributed by atoms with E-state index in [4.69, 9.17) is 9.47 Å². The molecule has 0 heterocycles. The summed E-state index contributed by atoms with van der Waals surface area (Å²) in [5.74, 6) is -1.73. The van der Waals surface area contributed by atoms with E-state index in [0.717, 1.165) is 0 Å². The van der Waals surface area contributed by atoms with Gasteiger partial charge in [-0.1, -0.05) is 28.2 Å². The van der Waals surface area contributed by atoms with Crippen LogP contribution in [0.3, 0.4) is 0 Å². The van der Waals surface area contributed by atoms with Gasteiger partial charge in [-0.15, -0.1) is 0 Å². The minimum Gasteiger partial charge on any atom is -0.466 e. The van der Waals surface area contributed by atoms with Gasteiger partial charge in [-0.3, -0.25) is 9.59 Å². The molecule has 6 nitrogen and oxygen atoms in total. The van der Waals surface area contributed by atoms with Gasteiger partial charge in [0.2, 0.25) is 0 Å². The van der Waals surface area contributed by atoms with Crippen molar-refractivity contribution in [1.82, 2.24) is 0 Å². The van der Waals surface area contributed by atoms with Gasteiger partial charge in [0, 0.05) is 0 Å². The number of carbonyl (C=O) groups is 2. The van der Waals surface area contributed by atoms with Gasteiger partial charge in [0.15, 0.2) is 9.84 Å². The van der Waals surface area contributed by atoms with Crippen LogP contribution in [-0.2, 0) is 28.9 Å². The van der Waals surface area contributed by atoms with E-state index in [1.54, 1.807) is 20.8 Å². The maximum atomic E-state index is 11.8. The molecule has 0 fully saturated rings. The highest BCUT2D eigenvalue weighted by molar-refractivity contribution is 7.91. The van der Waals surface area contributed by atoms with Crippen molar-refractivity contribution in [2.75, 3.05) is 18.1 Å². The molecule has 0 saturated carbocycles. The zero-order valence-corrected chi connectivity index (χ0v) is 15.9. The summed E-state index contributed by atoms with van der Waals surface area (Å²) in [6.45, 7) is 11.5. The molecular weight excluding hydrogens is 332 g/mol. The second-order valence-corrected chi connectivity index (χ2v) is 10.1. The molecule has 0 atom stereocenters. The highest BCUT2D eigenvalue weighted by atomic mass is 32.2. The second-order valence-electron chi connectivity index (χ2n) is 7.77. The Labute approximate surface area is 147 Å². The lowest BCUT2D eigenvalue weighted by molar-refractivity contribution is -0.154. The summed E-state index contributed by atoms with van der Waals surface area (Å²) in [6.07, 6.45) is 0.309. The van der Waals surface area contributed by atoms with E-state index in [0.29, 0.717) is 6.42 Å². The van der Waals surface area contributed by atoms with E-state index in [2.05, 4.69) is 0 Å². The maximum Gasteiger partial charge on any atom is 0.307 e. The molecule has 0 aromatic carbocycles. The number of esters is 2. The number of rotatable bonds is 8. The smallest absolute Gasteiger partial charge is 0.307 e. The lowest BCUT2D eigenvalue weighted by Gasteiger charge is -2.19. The number of hydrogen-bond donors (Lipinski definition) is 0. The van der Waals surface area contributed by atoms with Crippen molar-refractivity contribution in [3.8, 4) is 0 Å². The molecule has 7 heteroatoms. The third kappa shape index (κ3) is 15.8. The van der Waals surface area contributed by atoms with Crippen LogP contribution in [-0.4, -0.2) is 44.1 Å². The molecule has 0 saturated heterocycles. The third-order valence-electron chi connectivity index (χ3n) is 2.77. The summed E-state index contributed by atoms with van der Waals surface area (Å²) >= 11 is 0. The first kappa shape index (κ1) is 25.1. The minimum atomic E-state index is -3.48. The highest BCUT2D eigenvalue weighted by Crippen LogP contribution is 2.18. The number of carbonyl (C=O) groups excluding carboxylic acids is 2. The Morgan fingerprint density at radius 1 is 0.875 bits per heavy atom. The molecule has 0 aromatic rings. The summed E-state index contributed by atoms with van der Waals surface area (Å²) in [6, 6.07) is 0. The van der Waals surface area contributed by atoms with Crippen molar-refractivity contribution < 1.29 is 27.5 Å². The van der Waals surface area contributed by atoms with Crippen molar-refractivity contribution in [3.05, 3.63) is 0 Å². The van der Waals surface area contributed by atoms with Crippen LogP contribution in [0.5, 0.6) is 0 Å². The van der Waals surface area contributed by atoms with Crippen LogP contribution in [0.25, 0.3) is 0 Å². The summed E-state index contributed by atoms with van der Waals surface area (Å²) in [7, 11) is -3.48. The van der Waals surface area contributed by atoms with E-state index in [9.17, 15) is 18.0 Å². The average Bonchev–Trinajstić information content (AvgIpc) is 2.31. The maximum absolute atomic E-state index is 11.8. The van der Waals surface area contributed by atoms with Gasteiger partial charge in [0.25, 0.3) is 0 Å². The van der Waals surface area contributed by atoms with Crippen LogP contribution < -0.4 is 0 Å². The van der Waals surface area contributed by atoms with Gasteiger partial charge in [-0.05, 0) is 32.6 Å². The Morgan fingerprint density at radius 2 is 1.33 bits per heavy atom. The predicted molar refractivity (Wildman–Crippen MR) is 95.5 cm³/mol. The van der Waals surface area contributed by atoms with Crippen molar-refractivity contribution in [2.45, 2.75) is 73.8 Å². The summed E-state index contributed by atoms with van der Waals surface area (Å²) in [4.78, 5) is 23.0. The fourth-order valence-corrected chi connectivity index (χ4v) is 2.67. The predicted octanol–water partition coefficient (Wildman–Crippen LogP) is 3.14. The first-order chi connectivity index (χ1) is 10.2. The summed E-state index contributed by atoms with van der Waals surface area (Å²) in [5.41, 5.74) is -0.586. The van der Waals surface area contributed by atoms with E-state index in [1.165, 1.54) is 0 Å². The van der Waals surface area contributed by atoms with E-state index in [-0.39, 0.29) is 43.8 Å². The van der Waals surface area contributed by atoms with Crippen LogP contribution >= 0.6 is 0 Å². The lowest BCUT2D eigenvalue weighted by Crippen LogP contribution is -2.26. The molecule has 24 heavy (non-hydrogen) atoms. The molecule has 0 aromatic heterocycles. The molecule has 144 valence electrons. The number of ether oxygens (including phenoxy) is 2. The largest absolute Gasteiger partial charge is 0.466 e. The summed E-state index contributed by atoms with van der Waals surface area (Å²) < 4.78 is 33.7. The van der Waals surface area contributed by atoms with Crippen LogP contribution in [0.2, 0.25) is 0 Å². The first-order valence-corrected chi connectivity index (χ1v) is 9.60. The van der Waals surface area contributed by atoms with Crippen LogP contribution in [0.4, 0.5) is 0 Å². The zero-order valence-electron chi connectivity index (χ0n) is 15.1. The zero-order chi connectivity index (χ0) is 18.3. The van der Waals surface area contributed by atoms with Crippen molar-refractivity contribution in [2.24, 2.45) is 5.41 Å². The topological polar surface area (TPSA) is 86.7 Å². The normalized spacial score (nSPS) is 12.2. The van der Waals surface area contributed by atoms with E-state index < -0.39 is 27.4 Å². The van der Waals surface area contributed by atoms with Gasteiger partial charge in [-0.2, -0.15) is 0 Å². The quantitative estimate of drug-likeness (QED) is 0.613. The average molecular weight is 367 g/mol. The second kappa shape index (κ2) is 10.0. The molecule has 0 aliphatic rings. The van der Waals surface area contributed by atoms with Gasteiger partial charge in [0.1, 0.15) is 5.60 Å². The van der Waals surface area contributed by atoms with Crippen LogP contribution in [0, 0.1) is 5.41 Å². The van der Waals surface area contributed by atoms with Gasteiger partial charge < -0.3 is 9.47 Å². The SMILES string of the molecule is C.CC(C)(C)CCOC(=O)CCS(=O)(=O)CCC(=O)OC(C)(C)C. The van der Waals surface area contributed by atoms with Crippen molar-refractivity contribution in [3.63, 3.8) is 0 Å². The molecule has 0 spiro atoms. The fraction of sp³-hybridized carbons (Fsp3) is 0.882. The molecule has 0 unspecified atom stereocenters. The fourth-order valence-electron chi connectivity index (χ4n) is 1.52. The molecule has 0 rings (SSSR count). The molecule has 0 bridgehead atoms. The Morgan fingerprint density at radius 3 is 1.75 bits per heavy atom. The van der Waals surface area contributed by atoms with Gasteiger partial charge in [0.05, 0.1) is 31.0 Å². The van der Waals surface area contributed by atoms with Gasteiger partial charge >= 0.3 is 11.9 Å². The van der Waals surface area contributed by atoms with Crippen LogP contribution in [0.15, 0.2) is 0 Å². The monoisotopic (exact) mass is 366 g/mol. The summed E-state index contributed by atoms with van der Waals surface area (Å²) in [5, 5.41) is 0. The molecule has 0 radical (unpaired) electrons. The van der Waals surface area contributed by atoms with Gasteiger partial charge in [-0.25, -0.2) is 8.42 Å². The Hall–Kier alpha value is -1.11. The molecule has 0 aliphatic carbocycles. The molecule has 0 amide bonds. The van der Waals surface area contributed by atoms with E-state index in [1.807, 2.05) is 20.8 Å². The van der Waals surface area contributed by atoms with Crippen molar-refractivity contribution >= 4 is 21.8 Å². The third-order valence-corrected chi connectivity index (χ3v) is 4.42.